The average molecular weight is 433 g/mol. The van der Waals surface area contributed by atoms with E-state index in [1.54, 1.807) is 0 Å². The molecule has 2 saturated carbocycles. The maximum absolute atomic E-state index is 12.5. The van der Waals surface area contributed by atoms with Gasteiger partial charge in [-0.1, -0.05) is 39.0 Å². The van der Waals surface area contributed by atoms with Crippen LogP contribution in [0.5, 0.6) is 5.75 Å². The standard InChI is InChI=1S/C25H38NO5/c1-24(2)19-11-13-25(24,3)21(17-19)31-22(27)12-14-26(4,5)18-23(28)30-16-15-29-20-9-7-6-8-10-20/h6-10,19,21H,11-18H2,1-5H3/q+1/t19-,21-,25+/m0/s1. The van der Waals surface area contributed by atoms with Crippen LogP contribution >= 0.6 is 0 Å². The van der Waals surface area contributed by atoms with E-state index in [4.69, 9.17) is 14.2 Å². The molecule has 6 heteroatoms. The quantitative estimate of drug-likeness (QED) is 0.319. The molecule has 0 N–H and O–H groups in total. The van der Waals surface area contributed by atoms with Crippen molar-refractivity contribution >= 4 is 11.9 Å². The Kier molecular flexibility index (Phi) is 6.99. The van der Waals surface area contributed by atoms with Crippen LogP contribution in [0.15, 0.2) is 30.3 Å². The second-order valence-electron chi connectivity index (χ2n) is 10.5. The second-order valence-corrected chi connectivity index (χ2v) is 10.5. The Labute approximate surface area is 186 Å². The Morgan fingerprint density at radius 2 is 1.77 bits per heavy atom. The molecule has 172 valence electrons. The first kappa shape index (κ1) is 23.6. The van der Waals surface area contributed by atoms with Crippen LogP contribution < -0.4 is 4.74 Å². The van der Waals surface area contributed by atoms with E-state index < -0.39 is 0 Å². The van der Waals surface area contributed by atoms with Gasteiger partial charge in [0.2, 0.25) is 0 Å². The van der Waals surface area contributed by atoms with E-state index in [1.165, 1.54) is 6.42 Å². The Bertz CT molecular complexity index is 775. The summed E-state index contributed by atoms with van der Waals surface area (Å²) in [4.78, 5) is 24.7. The fraction of sp³-hybridized carbons (Fsp3) is 0.680. The first-order valence-corrected chi connectivity index (χ1v) is 11.4. The van der Waals surface area contributed by atoms with Gasteiger partial charge in [-0.15, -0.1) is 0 Å². The lowest BCUT2D eigenvalue weighted by atomic mass is 9.70. The van der Waals surface area contributed by atoms with Crippen molar-refractivity contribution in [2.24, 2.45) is 16.7 Å². The molecule has 0 amide bonds. The lowest BCUT2D eigenvalue weighted by Gasteiger charge is -2.38. The van der Waals surface area contributed by atoms with E-state index in [2.05, 4.69) is 20.8 Å². The smallest absolute Gasteiger partial charge is 0.361 e. The van der Waals surface area contributed by atoms with E-state index in [0.717, 1.165) is 18.6 Å². The van der Waals surface area contributed by atoms with Crippen molar-refractivity contribution in [1.82, 2.24) is 0 Å². The second kappa shape index (κ2) is 9.19. The fourth-order valence-electron chi connectivity index (χ4n) is 5.23. The molecule has 1 aromatic carbocycles. The molecule has 2 bridgehead atoms. The first-order chi connectivity index (χ1) is 14.5. The third kappa shape index (κ3) is 5.40. The number of carbonyl (C=O) groups is 2. The molecule has 0 radical (unpaired) electrons. The molecule has 2 fully saturated rings. The highest BCUT2D eigenvalue weighted by atomic mass is 16.6. The zero-order chi connectivity index (χ0) is 22.7. The third-order valence-electron chi connectivity index (χ3n) is 7.82. The number of nitrogens with zero attached hydrogens (tertiary/aromatic N) is 1. The van der Waals surface area contributed by atoms with Crippen molar-refractivity contribution in [2.75, 3.05) is 40.4 Å². The largest absolute Gasteiger partial charge is 0.490 e. The number of benzene rings is 1. The zero-order valence-corrected chi connectivity index (χ0v) is 19.7. The van der Waals surface area contributed by atoms with Gasteiger partial charge in [-0.3, -0.25) is 4.79 Å². The minimum atomic E-state index is -0.294. The molecule has 2 aliphatic rings. The predicted molar refractivity (Wildman–Crippen MR) is 118 cm³/mol. The van der Waals surface area contributed by atoms with Crippen molar-refractivity contribution in [3.63, 3.8) is 0 Å². The summed E-state index contributed by atoms with van der Waals surface area (Å²) in [6.45, 7) is 8.15. The minimum Gasteiger partial charge on any atom is -0.490 e. The minimum absolute atomic E-state index is 0.0129. The van der Waals surface area contributed by atoms with Gasteiger partial charge in [-0.2, -0.15) is 0 Å². The molecule has 6 nitrogen and oxygen atoms in total. The van der Waals surface area contributed by atoms with Crippen LogP contribution in [0, 0.1) is 16.7 Å². The average Bonchev–Trinajstić information content (AvgIpc) is 3.04. The normalized spacial score (nSPS) is 26.5. The van der Waals surface area contributed by atoms with Gasteiger partial charge >= 0.3 is 11.9 Å². The summed E-state index contributed by atoms with van der Waals surface area (Å²) in [5.74, 6) is 0.937. The van der Waals surface area contributed by atoms with E-state index in [-0.39, 0.29) is 42.0 Å². The molecular formula is C25H38NO5+. The van der Waals surface area contributed by atoms with Crippen LogP contribution in [0.3, 0.4) is 0 Å². The van der Waals surface area contributed by atoms with Crippen LogP contribution in [0.4, 0.5) is 0 Å². The van der Waals surface area contributed by atoms with Crippen LogP contribution in [-0.2, 0) is 19.1 Å². The molecule has 31 heavy (non-hydrogen) atoms. The number of ether oxygens (including phenoxy) is 3. The highest BCUT2D eigenvalue weighted by Crippen LogP contribution is 2.66. The van der Waals surface area contributed by atoms with Gasteiger partial charge in [-0.05, 0) is 42.7 Å². The van der Waals surface area contributed by atoms with Crippen molar-refractivity contribution in [3.05, 3.63) is 30.3 Å². The summed E-state index contributed by atoms with van der Waals surface area (Å²) in [5.41, 5.74) is 0.296. The summed E-state index contributed by atoms with van der Waals surface area (Å²) < 4.78 is 17.1. The topological polar surface area (TPSA) is 61.8 Å². The molecule has 0 heterocycles. The molecule has 0 unspecified atom stereocenters. The molecule has 3 atom stereocenters. The number of rotatable bonds is 10. The number of esters is 2. The molecule has 3 rings (SSSR count). The predicted octanol–water partition coefficient (Wildman–Crippen LogP) is 3.83. The molecule has 0 aliphatic heterocycles. The molecule has 0 saturated heterocycles. The number of para-hydroxylation sites is 1. The van der Waals surface area contributed by atoms with E-state index in [9.17, 15) is 9.59 Å². The van der Waals surface area contributed by atoms with Crippen LogP contribution in [-0.4, -0.2) is 62.9 Å². The van der Waals surface area contributed by atoms with Crippen molar-refractivity contribution in [2.45, 2.75) is 52.6 Å². The maximum atomic E-state index is 12.5. The van der Waals surface area contributed by atoms with Gasteiger partial charge in [0.25, 0.3) is 0 Å². The van der Waals surface area contributed by atoms with Crippen LogP contribution in [0.1, 0.15) is 46.5 Å². The molecular weight excluding hydrogens is 394 g/mol. The van der Waals surface area contributed by atoms with Gasteiger partial charge in [0.1, 0.15) is 25.1 Å². The Hall–Kier alpha value is -2.08. The number of likely N-dealkylation sites (N-methyl/N-ethyl adjacent to an activating group) is 1. The van der Waals surface area contributed by atoms with Gasteiger partial charge in [-0.25, -0.2) is 4.79 Å². The van der Waals surface area contributed by atoms with Crippen LogP contribution in [0.25, 0.3) is 0 Å². The number of hydrogen-bond donors (Lipinski definition) is 0. The third-order valence-corrected chi connectivity index (χ3v) is 7.82. The summed E-state index contributed by atoms with van der Waals surface area (Å²) in [6.07, 6.45) is 3.66. The summed E-state index contributed by atoms with van der Waals surface area (Å²) in [6, 6.07) is 9.43. The first-order valence-electron chi connectivity index (χ1n) is 11.4. The number of fused-ring (bicyclic) bond motifs is 2. The van der Waals surface area contributed by atoms with Crippen molar-refractivity contribution in [3.8, 4) is 5.75 Å². The van der Waals surface area contributed by atoms with Crippen LogP contribution in [0.2, 0.25) is 0 Å². The molecule has 0 spiro atoms. The SMILES string of the molecule is CC1(C)[C@H]2CC[C@]1(C)[C@@H](OC(=O)CC[N+](C)(C)CC(=O)OCCOc1ccccc1)C2. The van der Waals surface area contributed by atoms with Gasteiger partial charge in [0.05, 0.1) is 27.1 Å². The Morgan fingerprint density at radius 1 is 1.06 bits per heavy atom. The Morgan fingerprint density at radius 3 is 2.39 bits per heavy atom. The van der Waals surface area contributed by atoms with Crippen molar-refractivity contribution < 1.29 is 28.3 Å². The molecule has 1 aromatic rings. The molecule has 0 aromatic heterocycles. The lowest BCUT2D eigenvalue weighted by molar-refractivity contribution is -0.882. The summed E-state index contributed by atoms with van der Waals surface area (Å²) in [5, 5.41) is 0. The monoisotopic (exact) mass is 432 g/mol. The van der Waals surface area contributed by atoms with E-state index in [1.807, 2.05) is 44.4 Å². The maximum Gasteiger partial charge on any atom is 0.361 e. The van der Waals surface area contributed by atoms with Gasteiger partial charge in [0, 0.05) is 5.41 Å². The lowest BCUT2D eigenvalue weighted by Crippen LogP contribution is -2.46. The highest BCUT2D eigenvalue weighted by molar-refractivity contribution is 5.71. The van der Waals surface area contributed by atoms with Gasteiger partial charge < -0.3 is 18.7 Å². The zero-order valence-electron chi connectivity index (χ0n) is 19.7. The number of carbonyl (C=O) groups excluding carboxylic acids is 2. The fourth-order valence-corrected chi connectivity index (χ4v) is 5.23. The van der Waals surface area contributed by atoms with E-state index >= 15 is 0 Å². The highest BCUT2D eigenvalue weighted by Gasteiger charge is 2.62. The molecule has 2 aliphatic carbocycles. The van der Waals surface area contributed by atoms with Crippen molar-refractivity contribution in [1.29, 1.82) is 0 Å². The van der Waals surface area contributed by atoms with E-state index in [0.29, 0.717) is 30.0 Å². The Balaban J connectivity index is 1.35. The number of hydrogen-bond acceptors (Lipinski definition) is 5. The summed E-state index contributed by atoms with van der Waals surface area (Å²) >= 11 is 0. The number of quaternary nitrogens is 1. The summed E-state index contributed by atoms with van der Waals surface area (Å²) in [7, 11) is 3.86. The van der Waals surface area contributed by atoms with Gasteiger partial charge in [0.15, 0.2) is 6.54 Å².